The second-order valence-corrected chi connectivity index (χ2v) is 7.63. The van der Waals surface area contributed by atoms with Gasteiger partial charge in [-0.2, -0.15) is 13.2 Å². The van der Waals surface area contributed by atoms with Crippen molar-refractivity contribution in [3.05, 3.63) is 5.89 Å². The van der Waals surface area contributed by atoms with E-state index in [0.29, 0.717) is 5.41 Å². The molecule has 3 atom stereocenters. The molecule has 3 fully saturated rings. The van der Waals surface area contributed by atoms with Crippen LogP contribution in [0, 0.1) is 11.3 Å². The molecule has 3 aliphatic rings. The number of nitrogens with one attached hydrogen (secondary N) is 1. The first-order valence-corrected chi connectivity index (χ1v) is 8.73. The number of anilines is 1. The molecule has 4 rings (SSSR count). The van der Waals surface area contributed by atoms with E-state index >= 15 is 0 Å². The Bertz CT molecular complexity index is 661. The van der Waals surface area contributed by atoms with Crippen molar-refractivity contribution in [2.45, 2.75) is 57.2 Å². The molecule has 1 aliphatic heterocycles. The van der Waals surface area contributed by atoms with Crippen LogP contribution in [0.5, 0.6) is 0 Å². The Morgan fingerprint density at radius 1 is 1.28 bits per heavy atom. The summed E-state index contributed by atoms with van der Waals surface area (Å²) in [5, 5.41) is 10.2. The second-order valence-electron chi connectivity index (χ2n) is 7.63. The zero-order valence-corrected chi connectivity index (χ0v) is 14.0. The minimum absolute atomic E-state index is 0.000605. The van der Waals surface area contributed by atoms with Crippen LogP contribution >= 0.6 is 0 Å². The molecule has 2 heterocycles. The van der Waals surface area contributed by atoms with E-state index in [1.54, 1.807) is 6.92 Å². The van der Waals surface area contributed by atoms with Crippen LogP contribution in [0.25, 0.3) is 0 Å². The van der Waals surface area contributed by atoms with Crippen molar-refractivity contribution in [2.24, 2.45) is 11.3 Å². The fourth-order valence-corrected chi connectivity index (χ4v) is 3.67. The summed E-state index contributed by atoms with van der Waals surface area (Å²) in [6.45, 7) is 3.22. The topological polar surface area (TPSA) is 71.3 Å². The fourth-order valence-electron chi connectivity index (χ4n) is 3.67. The quantitative estimate of drug-likeness (QED) is 0.896. The van der Waals surface area contributed by atoms with Crippen LogP contribution in [0.2, 0.25) is 0 Å². The predicted molar refractivity (Wildman–Crippen MR) is 81.8 cm³/mol. The van der Waals surface area contributed by atoms with E-state index in [-0.39, 0.29) is 24.2 Å². The van der Waals surface area contributed by atoms with Crippen LogP contribution < -0.4 is 5.32 Å². The van der Waals surface area contributed by atoms with Gasteiger partial charge in [0.25, 0.3) is 0 Å². The summed E-state index contributed by atoms with van der Waals surface area (Å²) in [4.78, 5) is 14.3. The van der Waals surface area contributed by atoms with Crippen LogP contribution in [-0.4, -0.2) is 46.3 Å². The van der Waals surface area contributed by atoms with E-state index < -0.39 is 24.1 Å². The summed E-state index contributed by atoms with van der Waals surface area (Å²) >= 11 is 0. The molecule has 1 amide bonds. The Balaban J connectivity index is 1.31. The number of aromatic nitrogens is 2. The first-order chi connectivity index (χ1) is 11.8. The van der Waals surface area contributed by atoms with Crippen molar-refractivity contribution in [3.8, 4) is 0 Å². The van der Waals surface area contributed by atoms with Crippen molar-refractivity contribution >= 4 is 11.9 Å². The van der Waals surface area contributed by atoms with Crippen molar-refractivity contribution in [1.82, 2.24) is 15.1 Å². The SMILES string of the molecule is C[C@@H](Nc1nnc(C2C[C@@H]2C(F)(F)F)o1)C(=O)N1CCC2(CC1)CC2. The van der Waals surface area contributed by atoms with Gasteiger partial charge in [-0.1, -0.05) is 5.10 Å². The van der Waals surface area contributed by atoms with Gasteiger partial charge in [0.15, 0.2) is 0 Å². The van der Waals surface area contributed by atoms with Gasteiger partial charge in [0, 0.05) is 19.0 Å². The number of likely N-dealkylation sites (tertiary alicyclic amines) is 1. The summed E-state index contributed by atoms with van der Waals surface area (Å²) < 4.78 is 43.1. The van der Waals surface area contributed by atoms with Gasteiger partial charge in [0.1, 0.15) is 6.04 Å². The van der Waals surface area contributed by atoms with Gasteiger partial charge in [0.05, 0.1) is 5.92 Å². The largest absolute Gasteiger partial charge is 0.408 e. The van der Waals surface area contributed by atoms with E-state index in [1.165, 1.54) is 12.8 Å². The number of halogens is 3. The van der Waals surface area contributed by atoms with Gasteiger partial charge >= 0.3 is 12.2 Å². The Kier molecular flexibility index (Phi) is 3.73. The van der Waals surface area contributed by atoms with Crippen LogP contribution in [0.15, 0.2) is 4.42 Å². The van der Waals surface area contributed by atoms with Gasteiger partial charge < -0.3 is 14.6 Å². The third-order valence-corrected chi connectivity index (χ3v) is 5.77. The van der Waals surface area contributed by atoms with E-state index in [0.717, 1.165) is 25.9 Å². The van der Waals surface area contributed by atoms with Crippen LogP contribution in [-0.2, 0) is 4.79 Å². The van der Waals surface area contributed by atoms with Crippen molar-refractivity contribution in [3.63, 3.8) is 0 Å². The maximum absolute atomic E-state index is 12.6. The van der Waals surface area contributed by atoms with Gasteiger partial charge in [-0.15, -0.1) is 5.10 Å². The lowest BCUT2D eigenvalue weighted by atomic mass is 9.93. The molecule has 25 heavy (non-hydrogen) atoms. The van der Waals surface area contributed by atoms with Crippen molar-refractivity contribution in [2.75, 3.05) is 18.4 Å². The van der Waals surface area contributed by atoms with Gasteiger partial charge in [-0.3, -0.25) is 4.79 Å². The third-order valence-electron chi connectivity index (χ3n) is 5.77. The molecular formula is C16H21F3N4O2. The summed E-state index contributed by atoms with van der Waals surface area (Å²) in [5.74, 6) is -2.22. The number of alkyl halides is 3. The number of hydrogen-bond acceptors (Lipinski definition) is 5. The number of amides is 1. The van der Waals surface area contributed by atoms with Crippen molar-refractivity contribution in [1.29, 1.82) is 0 Å². The maximum atomic E-state index is 12.6. The normalized spacial score (nSPS) is 28.7. The zero-order valence-electron chi connectivity index (χ0n) is 14.0. The van der Waals surface area contributed by atoms with E-state index in [4.69, 9.17) is 4.42 Å². The number of rotatable bonds is 4. The van der Waals surface area contributed by atoms with Crippen LogP contribution in [0.4, 0.5) is 19.2 Å². The standard InChI is InChI=1S/C16H21F3N4O2/c1-9(13(24)23-6-4-15(2-3-15)5-7-23)20-14-22-21-12(25-14)10-8-11(10)16(17,18)19/h9-11H,2-8H2,1H3,(H,20,22)/t9-,10?,11+/m1/s1. The first kappa shape index (κ1) is 16.7. The number of carbonyl (C=O) groups is 1. The molecule has 9 heteroatoms. The summed E-state index contributed by atoms with van der Waals surface area (Å²) in [7, 11) is 0. The number of piperidine rings is 1. The van der Waals surface area contributed by atoms with Crippen LogP contribution in [0.1, 0.15) is 50.8 Å². The average Bonchev–Trinajstić information content (AvgIpc) is 3.47. The highest BCUT2D eigenvalue weighted by molar-refractivity contribution is 5.83. The highest BCUT2D eigenvalue weighted by atomic mass is 19.4. The molecule has 2 saturated carbocycles. The average molecular weight is 358 g/mol. The Morgan fingerprint density at radius 2 is 1.96 bits per heavy atom. The minimum atomic E-state index is -4.23. The highest BCUT2D eigenvalue weighted by Gasteiger charge is 2.58. The summed E-state index contributed by atoms with van der Waals surface area (Å²) in [5.41, 5.74) is 0.494. The molecule has 0 aromatic carbocycles. The van der Waals surface area contributed by atoms with Crippen molar-refractivity contribution < 1.29 is 22.4 Å². The lowest BCUT2D eigenvalue weighted by Gasteiger charge is -2.33. The van der Waals surface area contributed by atoms with Gasteiger partial charge in [-0.25, -0.2) is 0 Å². The molecule has 1 aromatic heterocycles. The molecular weight excluding hydrogens is 337 g/mol. The van der Waals surface area contributed by atoms with E-state index in [9.17, 15) is 18.0 Å². The van der Waals surface area contributed by atoms with E-state index in [1.807, 2.05) is 4.90 Å². The minimum Gasteiger partial charge on any atom is -0.408 e. The molecule has 1 saturated heterocycles. The second kappa shape index (κ2) is 5.60. The smallest absolute Gasteiger partial charge is 0.392 e. The van der Waals surface area contributed by atoms with E-state index in [2.05, 4.69) is 15.5 Å². The van der Waals surface area contributed by atoms with Gasteiger partial charge in [-0.05, 0) is 44.4 Å². The highest BCUT2D eigenvalue weighted by Crippen LogP contribution is 2.56. The predicted octanol–water partition coefficient (Wildman–Crippen LogP) is 2.94. The Morgan fingerprint density at radius 3 is 2.52 bits per heavy atom. The molecule has 1 spiro atoms. The summed E-state index contributed by atoms with van der Waals surface area (Å²) in [6.07, 6.45) is 0.396. The zero-order chi connectivity index (χ0) is 17.8. The molecule has 6 nitrogen and oxygen atoms in total. The molecule has 1 N–H and O–H groups in total. The molecule has 1 unspecified atom stereocenters. The third kappa shape index (κ3) is 3.32. The molecule has 1 aromatic rings. The fraction of sp³-hybridized carbons (Fsp3) is 0.812. The molecule has 2 aliphatic carbocycles. The monoisotopic (exact) mass is 358 g/mol. The first-order valence-electron chi connectivity index (χ1n) is 8.73. The lowest BCUT2D eigenvalue weighted by molar-refractivity contribution is -0.149. The number of carbonyl (C=O) groups excluding carboxylic acids is 1. The maximum Gasteiger partial charge on any atom is 0.392 e. The molecule has 138 valence electrons. The van der Waals surface area contributed by atoms with Crippen LogP contribution in [0.3, 0.4) is 0 Å². The number of hydrogen-bond donors (Lipinski definition) is 1. The number of nitrogens with zero attached hydrogens (tertiary/aromatic N) is 3. The molecule has 0 bridgehead atoms. The van der Waals surface area contributed by atoms with Gasteiger partial charge in [0.2, 0.25) is 11.8 Å². The molecule has 0 radical (unpaired) electrons. The Hall–Kier alpha value is -1.80. The summed E-state index contributed by atoms with van der Waals surface area (Å²) in [6, 6.07) is -0.557. The lowest BCUT2D eigenvalue weighted by Crippen LogP contribution is -2.45. The Labute approximate surface area is 143 Å².